The Morgan fingerprint density at radius 1 is 1.44 bits per heavy atom. The van der Waals surface area contributed by atoms with E-state index in [1.54, 1.807) is 6.07 Å². The number of hydrogen-bond acceptors (Lipinski definition) is 4. The van der Waals surface area contributed by atoms with Crippen LogP contribution in [-0.2, 0) is 16.1 Å². The lowest BCUT2D eigenvalue weighted by atomic mass is 10.1. The molecule has 0 radical (unpaired) electrons. The van der Waals surface area contributed by atoms with Crippen LogP contribution < -0.4 is 5.32 Å². The summed E-state index contributed by atoms with van der Waals surface area (Å²) < 4.78 is 4.82. The molecule has 0 aliphatic carbocycles. The Morgan fingerprint density at radius 3 is 2.69 bits per heavy atom. The number of nitrogens with one attached hydrogen (secondary N) is 1. The van der Waals surface area contributed by atoms with Gasteiger partial charge in [0.25, 0.3) is 0 Å². The number of carboxylic acids is 2. The van der Waals surface area contributed by atoms with Crippen molar-refractivity contribution in [1.82, 2.24) is 5.32 Å². The zero-order chi connectivity index (χ0) is 12.0. The molecule has 0 bridgehead atoms. The van der Waals surface area contributed by atoms with E-state index >= 15 is 0 Å². The van der Waals surface area contributed by atoms with Crippen LogP contribution in [0.2, 0.25) is 0 Å². The van der Waals surface area contributed by atoms with Crippen molar-refractivity contribution in [2.45, 2.75) is 25.4 Å². The van der Waals surface area contributed by atoms with Crippen LogP contribution in [0, 0.1) is 0 Å². The fourth-order valence-electron chi connectivity index (χ4n) is 1.21. The third-order valence-electron chi connectivity index (χ3n) is 2.08. The lowest BCUT2D eigenvalue weighted by Crippen LogP contribution is -2.36. The quantitative estimate of drug-likeness (QED) is 0.633. The Labute approximate surface area is 91.9 Å². The van der Waals surface area contributed by atoms with Crippen LogP contribution in [-0.4, -0.2) is 28.2 Å². The molecule has 6 nitrogen and oxygen atoms in total. The van der Waals surface area contributed by atoms with E-state index in [4.69, 9.17) is 14.6 Å². The van der Waals surface area contributed by atoms with Gasteiger partial charge in [-0.15, -0.1) is 0 Å². The Kier molecular flexibility index (Phi) is 4.53. The SMILES string of the molecule is O=C(O)CC[C@H](NCc1ccoc1)C(=O)O. The second-order valence-electron chi connectivity index (χ2n) is 3.34. The van der Waals surface area contributed by atoms with Gasteiger partial charge in [0.05, 0.1) is 12.5 Å². The predicted molar refractivity (Wildman–Crippen MR) is 53.8 cm³/mol. The average molecular weight is 227 g/mol. The van der Waals surface area contributed by atoms with Gasteiger partial charge < -0.3 is 19.9 Å². The fourth-order valence-corrected chi connectivity index (χ4v) is 1.21. The highest BCUT2D eigenvalue weighted by atomic mass is 16.4. The maximum atomic E-state index is 10.8. The van der Waals surface area contributed by atoms with Crippen LogP contribution in [0.5, 0.6) is 0 Å². The van der Waals surface area contributed by atoms with E-state index in [1.807, 2.05) is 0 Å². The van der Waals surface area contributed by atoms with Crippen molar-refractivity contribution in [3.8, 4) is 0 Å². The van der Waals surface area contributed by atoms with Gasteiger partial charge >= 0.3 is 11.9 Å². The van der Waals surface area contributed by atoms with E-state index in [0.29, 0.717) is 6.54 Å². The van der Waals surface area contributed by atoms with Gasteiger partial charge in [0.15, 0.2) is 0 Å². The third kappa shape index (κ3) is 4.14. The number of carbonyl (C=O) groups is 2. The molecule has 0 spiro atoms. The van der Waals surface area contributed by atoms with Gasteiger partial charge in [-0.05, 0) is 12.5 Å². The van der Waals surface area contributed by atoms with Crippen molar-refractivity contribution in [2.24, 2.45) is 0 Å². The summed E-state index contributed by atoms with van der Waals surface area (Å²) in [5, 5.41) is 20.1. The number of carboxylic acid groups (broad SMARTS) is 2. The highest BCUT2D eigenvalue weighted by molar-refractivity contribution is 5.75. The van der Waals surface area contributed by atoms with Crippen LogP contribution in [0.3, 0.4) is 0 Å². The maximum Gasteiger partial charge on any atom is 0.320 e. The summed E-state index contributed by atoms with van der Waals surface area (Å²) in [7, 11) is 0. The highest BCUT2D eigenvalue weighted by Crippen LogP contribution is 2.03. The number of furan rings is 1. The summed E-state index contributed by atoms with van der Waals surface area (Å²) in [5.41, 5.74) is 0.821. The average Bonchev–Trinajstić information content (AvgIpc) is 2.69. The molecule has 1 aromatic rings. The Morgan fingerprint density at radius 2 is 2.19 bits per heavy atom. The second kappa shape index (κ2) is 5.92. The molecule has 0 aliphatic rings. The minimum absolute atomic E-state index is 0.0581. The van der Waals surface area contributed by atoms with Gasteiger partial charge in [-0.25, -0.2) is 0 Å². The highest BCUT2D eigenvalue weighted by Gasteiger charge is 2.17. The summed E-state index contributed by atoms with van der Waals surface area (Å²) in [6.07, 6.45) is 2.88. The molecule has 0 unspecified atom stereocenters. The molecule has 1 aromatic heterocycles. The molecule has 0 amide bonds. The number of aliphatic carboxylic acids is 2. The monoisotopic (exact) mass is 227 g/mol. The van der Waals surface area contributed by atoms with Gasteiger partial charge in [-0.1, -0.05) is 0 Å². The molecule has 0 saturated carbocycles. The van der Waals surface area contributed by atoms with Crippen LogP contribution in [0.4, 0.5) is 0 Å². The first-order valence-electron chi connectivity index (χ1n) is 4.78. The molecule has 0 aliphatic heterocycles. The molecule has 6 heteroatoms. The van der Waals surface area contributed by atoms with E-state index < -0.39 is 18.0 Å². The van der Waals surface area contributed by atoms with Crippen molar-refractivity contribution in [2.75, 3.05) is 0 Å². The summed E-state index contributed by atoms with van der Waals surface area (Å²) in [6, 6.07) is 0.856. The topological polar surface area (TPSA) is 99.8 Å². The molecule has 16 heavy (non-hydrogen) atoms. The normalized spacial score (nSPS) is 12.2. The molecule has 88 valence electrons. The molecule has 0 saturated heterocycles. The van der Waals surface area contributed by atoms with Crippen LogP contribution >= 0.6 is 0 Å². The number of rotatable bonds is 7. The van der Waals surface area contributed by atoms with Gasteiger partial charge in [0.1, 0.15) is 6.04 Å². The number of hydrogen-bond donors (Lipinski definition) is 3. The predicted octanol–water partition coefficient (Wildman–Crippen LogP) is 0.687. The van der Waals surface area contributed by atoms with E-state index in [0.717, 1.165) is 5.56 Å². The van der Waals surface area contributed by atoms with Crippen molar-refractivity contribution < 1.29 is 24.2 Å². The molecule has 0 fully saturated rings. The Hall–Kier alpha value is -1.82. The van der Waals surface area contributed by atoms with Gasteiger partial charge in [-0.3, -0.25) is 9.59 Å². The lowest BCUT2D eigenvalue weighted by molar-refractivity contribution is -0.140. The largest absolute Gasteiger partial charge is 0.481 e. The standard InChI is InChI=1S/C10H13NO5/c12-9(13)2-1-8(10(14)15)11-5-7-3-4-16-6-7/h3-4,6,8,11H,1-2,5H2,(H,12,13)(H,14,15)/t8-/m0/s1. The Bertz CT molecular complexity index is 346. The lowest BCUT2D eigenvalue weighted by Gasteiger charge is -2.12. The fraction of sp³-hybridized carbons (Fsp3) is 0.400. The summed E-state index contributed by atoms with van der Waals surface area (Å²) >= 11 is 0. The van der Waals surface area contributed by atoms with Crippen molar-refractivity contribution in [3.05, 3.63) is 24.2 Å². The van der Waals surface area contributed by atoms with Gasteiger partial charge in [-0.2, -0.15) is 0 Å². The van der Waals surface area contributed by atoms with Gasteiger partial charge in [0, 0.05) is 18.5 Å². The van der Waals surface area contributed by atoms with Crippen molar-refractivity contribution >= 4 is 11.9 Å². The molecular weight excluding hydrogens is 214 g/mol. The summed E-state index contributed by atoms with van der Waals surface area (Å²) in [4.78, 5) is 21.1. The Balaban J connectivity index is 2.39. The first-order valence-corrected chi connectivity index (χ1v) is 4.78. The first-order chi connectivity index (χ1) is 7.59. The second-order valence-corrected chi connectivity index (χ2v) is 3.34. The summed E-state index contributed by atoms with van der Waals surface area (Å²) in [5.74, 6) is -2.05. The van der Waals surface area contributed by atoms with Crippen LogP contribution in [0.15, 0.2) is 23.0 Å². The molecule has 0 aromatic carbocycles. The summed E-state index contributed by atoms with van der Waals surface area (Å²) in [6.45, 7) is 0.340. The zero-order valence-electron chi connectivity index (χ0n) is 8.55. The smallest absolute Gasteiger partial charge is 0.320 e. The van der Waals surface area contributed by atoms with Crippen molar-refractivity contribution in [3.63, 3.8) is 0 Å². The maximum absolute atomic E-state index is 10.8. The molecule has 3 N–H and O–H groups in total. The molecule has 1 rings (SSSR count). The van der Waals surface area contributed by atoms with E-state index in [2.05, 4.69) is 5.32 Å². The first kappa shape index (κ1) is 12.3. The minimum Gasteiger partial charge on any atom is -0.481 e. The minimum atomic E-state index is -1.05. The zero-order valence-corrected chi connectivity index (χ0v) is 8.55. The van der Waals surface area contributed by atoms with Gasteiger partial charge in [0.2, 0.25) is 0 Å². The third-order valence-corrected chi connectivity index (χ3v) is 2.08. The van der Waals surface area contributed by atoms with Crippen LogP contribution in [0.25, 0.3) is 0 Å². The van der Waals surface area contributed by atoms with Crippen molar-refractivity contribution in [1.29, 1.82) is 0 Å². The van der Waals surface area contributed by atoms with Crippen LogP contribution in [0.1, 0.15) is 18.4 Å². The van der Waals surface area contributed by atoms with E-state index in [-0.39, 0.29) is 12.8 Å². The molecule has 1 atom stereocenters. The van der Waals surface area contributed by atoms with E-state index in [1.165, 1.54) is 12.5 Å². The van der Waals surface area contributed by atoms with E-state index in [9.17, 15) is 9.59 Å². The molecular formula is C10H13NO5. The molecule has 1 heterocycles.